The number of oxime groups is 1. The Hall–Kier alpha value is -2.08. The first kappa shape index (κ1) is 14.3. The van der Waals surface area contributed by atoms with Crippen LogP contribution in [-0.2, 0) is 9.53 Å². The predicted octanol–water partition coefficient (Wildman–Crippen LogP) is 1.68. The summed E-state index contributed by atoms with van der Waals surface area (Å²) in [5, 5.41) is 14.3. The smallest absolute Gasteiger partial charge is 0.226 e. The molecule has 0 radical (unpaired) electrons. The number of nitrogens with two attached hydrogens (primary N) is 1. The van der Waals surface area contributed by atoms with Crippen LogP contribution < -0.4 is 11.1 Å². The molecule has 0 aromatic heterocycles. The van der Waals surface area contributed by atoms with E-state index in [1.54, 1.807) is 24.3 Å². The molecule has 1 aromatic carbocycles. The van der Waals surface area contributed by atoms with Gasteiger partial charge in [-0.05, 0) is 43.5 Å². The molecular formula is C14H19N3O3. The number of anilines is 1. The Morgan fingerprint density at radius 3 is 2.75 bits per heavy atom. The normalized spacial score (nSPS) is 19.6. The van der Waals surface area contributed by atoms with Gasteiger partial charge in [0.1, 0.15) is 0 Å². The summed E-state index contributed by atoms with van der Waals surface area (Å²) < 4.78 is 5.53. The fourth-order valence-electron chi connectivity index (χ4n) is 2.17. The third-order valence-electron chi connectivity index (χ3n) is 3.26. The molecule has 2 rings (SSSR count). The van der Waals surface area contributed by atoms with Crippen LogP contribution in [-0.4, -0.2) is 29.7 Å². The number of hydrogen-bond donors (Lipinski definition) is 3. The lowest BCUT2D eigenvalue weighted by Gasteiger charge is -2.21. The summed E-state index contributed by atoms with van der Waals surface area (Å²) >= 11 is 0. The topological polar surface area (TPSA) is 96.9 Å². The second-order valence-electron chi connectivity index (χ2n) is 4.80. The third kappa shape index (κ3) is 3.96. The van der Waals surface area contributed by atoms with Crippen molar-refractivity contribution in [1.82, 2.24) is 0 Å². The zero-order valence-corrected chi connectivity index (χ0v) is 11.2. The third-order valence-corrected chi connectivity index (χ3v) is 3.26. The Labute approximate surface area is 117 Å². The van der Waals surface area contributed by atoms with E-state index in [4.69, 9.17) is 15.7 Å². The number of benzene rings is 1. The average molecular weight is 277 g/mol. The zero-order valence-electron chi connectivity index (χ0n) is 11.2. The van der Waals surface area contributed by atoms with Crippen LogP contribution in [0, 0.1) is 0 Å². The van der Waals surface area contributed by atoms with Crippen molar-refractivity contribution in [3.8, 4) is 0 Å². The molecule has 1 aliphatic rings. The summed E-state index contributed by atoms with van der Waals surface area (Å²) in [6, 6.07) is 6.80. The van der Waals surface area contributed by atoms with Gasteiger partial charge in [0.15, 0.2) is 5.84 Å². The first-order valence-electron chi connectivity index (χ1n) is 6.68. The molecule has 0 spiro atoms. The number of hydrogen-bond acceptors (Lipinski definition) is 4. The van der Waals surface area contributed by atoms with Crippen LogP contribution in [0.3, 0.4) is 0 Å². The van der Waals surface area contributed by atoms with Gasteiger partial charge >= 0.3 is 0 Å². The Bertz CT molecular complexity index is 479. The highest BCUT2D eigenvalue weighted by Crippen LogP contribution is 2.17. The van der Waals surface area contributed by atoms with E-state index in [2.05, 4.69) is 10.5 Å². The van der Waals surface area contributed by atoms with Gasteiger partial charge in [0.2, 0.25) is 5.91 Å². The summed E-state index contributed by atoms with van der Waals surface area (Å²) in [5.74, 6) is -0.0214. The van der Waals surface area contributed by atoms with Crippen molar-refractivity contribution < 1.29 is 14.7 Å². The molecule has 0 bridgehead atoms. The van der Waals surface area contributed by atoms with E-state index in [1.165, 1.54) is 0 Å². The number of amides is 1. The molecule has 0 aliphatic carbocycles. The number of ether oxygens (including phenoxy) is 1. The lowest BCUT2D eigenvalue weighted by atomic mass is 10.1. The van der Waals surface area contributed by atoms with Gasteiger partial charge in [-0.3, -0.25) is 4.79 Å². The van der Waals surface area contributed by atoms with Gasteiger partial charge in [0.25, 0.3) is 0 Å². The van der Waals surface area contributed by atoms with Crippen molar-refractivity contribution in [2.24, 2.45) is 10.9 Å². The lowest BCUT2D eigenvalue weighted by Crippen LogP contribution is -2.25. The Kier molecular flexibility index (Phi) is 4.95. The monoisotopic (exact) mass is 277 g/mol. The minimum absolute atomic E-state index is 0.0280. The number of carbonyl (C=O) groups is 1. The summed E-state index contributed by atoms with van der Waals surface area (Å²) in [6.45, 7) is 0.742. The Balaban J connectivity index is 1.87. The maximum absolute atomic E-state index is 11.9. The van der Waals surface area contributed by atoms with Crippen LogP contribution in [0.25, 0.3) is 0 Å². The van der Waals surface area contributed by atoms with Crippen LogP contribution in [0.1, 0.15) is 31.2 Å². The highest BCUT2D eigenvalue weighted by molar-refractivity contribution is 5.98. The molecule has 4 N–H and O–H groups in total. The SMILES string of the molecule is N/C(=N/O)c1ccc(NC(=O)CC2CCCCO2)cc1. The molecule has 0 saturated carbocycles. The second kappa shape index (κ2) is 6.91. The first-order chi connectivity index (χ1) is 9.69. The van der Waals surface area contributed by atoms with Crippen molar-refractivity contribution >= 4 is 17.4 Å². The van der Waals surface area contributed by atoms with Gasteiger partial charge in [-0.2, -0.15) is 0 Å². The molecule has 1 unspecified atom stereocenters. The van der Waals surface area contributed by atoms with Crippen molar-refractivity contribution in [1.29, 1.82) is 0 Å². The van der Waals surface area contributed by atoms with Gasteiger partial charge in [0.05, 0.1) is 12.5 Å². The highest BCUT2D eigenvalue weighted by atomic mass is 16.5. The summed E-state index contributed by atoms with van der Waals surface area (Å²) in [5.41, 5.74) is 6.74. The van der Waals surface area contributed by atoms with Crippen LogP contribution in [0.15, 0.2) is 29.4 Å². The number of amidine groups is 1. The van der Waals surface area contributed by atoms with Gasteiger partial charge in [-0.25, -0.2) is 0 Å². The van der Waals surface area contributed by atoms with E-state index in [9.17, 15) is 4.79 Å². The molecule has 1 atom stereocenters. The largest absolute Gasteiger partial charge is 0.409 e. The molecule has 108 valence electrons. The van der Waals surface area contributed by atoms with Crippen LogP contribution in [0.2, 0.25) is 0 Å². The van der Waals surface area contributed by atoms with E-state index >= 15 is 0 Å². The molecule has 1 fully saturated rings. The van der Waals surface area contributed by atoms with Crippen molar-refractivity contribution in [2.45, 2.75) is 31.8 Å². The fraction of sp³-hybridized carbons (Fsp3) is 0.429. The van der Waals surface area contributed by atoms with Crippen molar-refractivity contribution in [2.75, 3.05) is 11.9 Å². The van der Waals surface area contributed by atoms with Crippen LogP contribution in [0.5, 0.6) is 0 Å². The van der Waals surface area contributed by atoms with E-state index in [0.717, 1.165) is 25.9 Å². The van der Waals surface area contributed by atoms with Gasteiger partial charge in [0, 0.05) is 17.9 Å². The zero-order chi connectivity index (χ0) is 14.4. The lowest BCUT2D eigenvalue weighted by molar-refractivity contribution is -0.119. The average Bonchev–Trinajstić information content (AvgIpc) is 2.48. The van der Waals surface area contributed by atoms with E-state index in [0.29, 0.717) is 17.7 Å². The number of nitrogens with one attached hydrogen (secondary N) is 1. The molecule has 6 nitrogen and oxygen atoms in total. The molecule has 1 aliphatic heterocycles. The van der Waals surface area contributed by atoms with Crippen LogP contribution >= 0.6 is 0 Å². The maximum atomic E-state index is 11.9. The van der Waals surface area contributed by atoms with E-state index < -0.39 is 0 Å². The van der Waals surface area contributed by atoms with Crippen LogP contribution in [0.4, 0.5) is 5.69 Å². The summed E-state index contributed by atoms with van der Waals surface area (Å²) in [7, 11) is 0. The maximum Gasteiger partial charge on any atom is 0.226 e. The fourth-order valence-corrected chi connectivity index (χ4v) is 2.17. The second-order valence-corrected chi connectivity index (χ2v) is 4.80. The molecule has 6 heteroatoms. The number of rotatable bonds is 4. The van der Waals surface area contributed by atoms with Gasteiger partial charge in [-0.15, -0.1) is 0 Å². The predicted molar refractivity (Wildman–Crippen MR) is 75.8 cm³/mol. The standard InChI is InChI=1S/C14H19N3O3/c15-14(17-19)10-4-6-11(7-5-10)16-13(18)9-12-3-1-2-8-20-12/h4-7,12,19H,1-3,8-9H2,(H2,15,17)(H,16,18). The quantitative estimate of drug-likeness (QED) is 0.337. The van der Waals surface area contributed by atoms with Crippen molar-refractivity contribution in [3.63, 3.8) is 0 Å². The molecule has 1 heterocycles. The van der Waals surface area contributed by atoms with Gasteiger partial charge < -0.3 is 21.0 Å². The van der Waals surface area contributed by atoms with E-state index in [1.807, 2.05) is 0 Å². The molecule has 1 aromatic rings. The molecule has 1 amide bonds. The summed E-state index contributed by atoms with van der Waals surface area (Å²) in [6.07, 6.45) is 3.54. The van der Waals surface area contributed by atoms with E-state index in [-0.39, 0.29) is 17.8 Å². The minimum Gasteiger partial charge on any atom is -0.409 e. The Morgan fingerprint density at radius 2 is 2.15 bits per heavy atom. The first-order valence-corrected chi connectivity index (χ1v) is 6.68. The van der Waals surface area contributed by atoms with Gasteiger partial charge in [-0.1, -0.05) is 5.16 Å². The Morgan fingerprint density at radius 1 is 1.40 bits per heavy atom. The minimum atomic E-state index is -0.0616. The number of carbonyl (C=O) groups excluding carboxylic acids is 1. The molecule has 1 saturated heterocycles. The highest BCUT2D eigenvalue weighted by Gasteiger charge is 2.17. The van der Waals surface area contributed by atoms with Crippen molar-refractivity contribution in [3.05, 3.63) is 29.8 Å². The molecule has 20 heavy (non-hydrogen) atoms. The number of nitrogens with zero attached hydrogens (tertiary/aromatic N) is 1. The summed E-state index contributed by atoms with van der Waals surface area (Å²) in [4.78, 5) is 11.9. The molecular weight excluding hydrogens is 258 g/mol.